The summed E-state index contributed by atoms with van der Waals surface area (Å²) >= 11 is 0. The van der Waals surface area contributed by atoms with Crippen LogP contribution < -0.4 is 5.32 Å². The van der Waals surface area contributed by atoms with Crippen LogP contribution in [0.4, 0.5) is 0 Å². The normalized spacial score (nSPS) is 23.5. The van der Waals surface area contributed by atoms with Crippen molar-refractivity contribution in [2.75, 3.05) is 19.8 Å². The minimum absolute atomic E-state index is 0.0209. The van der Waals surface area contributed by atoms with Gasteiger partial charge in [-0.1, -0.05) is 0 Å². The largest absolute Gasteiger partial charge is 0.481 e. The van der Waals surface area contributed by atoms with E-state index in [9.17, 15) is 28.8 Å². The quantitative estimate of drug-likeness (QED) is 0.184. The Bertz CT molecular complexity index is 783. The lowest BCUT2D eigenvalue weighted by Crippen LogP contribution is -2.63. The zero-order valence-electron chi connectivity index (χ0n) is 20.0. The average molecular weight is 505 g/mol. The first kappa shape index (κ1) is 29.8. The van der Waals surface area contributed by atoms with Crippen molar-refractivity contribution in [2.45, 2.75) is 77.7 Å². The molecular formula is C21H31NO13. The van der Waals surface area contributed by atoms with Gasteiger partial charge in [-0.15, -0.1) is 0 Å². The summed E-state index contributed by atoms with van der Waals surface area (Å²) in [5.74, 6) is -4.44. The van der Waals surface area contributed by atoms with Crippen molar-refractivity contribution in [3.63, 3.8) is 0 Å². The molecule has 35 heavy (non-hydrogen) atoms. The standard InChI is InChI=1S/C21H31NO13/c1-11(23)31-10-15-18(32-12(2)24)19(33-13(3)25)20(34-14(4)26)21(35-15)30-9-5-8-22-16(27)6-7-17(28)29/h15,18-21H,5-10H2,1-4H3,(H,22,27)(H,28,29)/t15-,18-,19+,20+,21+/m1/s1. The highest BCUT2D eigenvalue weighted by Gasteiger charge is 2.52. The minimum Gasteiger partial charge on any atom is -0.481 e. The molecule has 1 aliphatic rings. The predicted octanol–water partition coefficient (Wildman–Crippen LogP) is -0.543. The van der Waals surface area contributed by atoms with E-state index in [1.165, 1.54) is 0 Å². The van der Waals surface area contributed by atoms with Crippen LogP contribution in [0.3, 0.4) is 0 Å². The third-order valence-corrected chi connectivity index (χ3v) is 4.44. The van der Waals surface area contributed by atoms with E-state index in [2.05, 4.69) is 5.32 Å². The zero-order valence-corrected chi connectivity index (χ0v) is 20.0. The molecule has 1 amide bonds. The minimum atomic E-state index is -1.34. The highest BCUT2D eigenvalue weighted by Crippen LogP contribution is 2.30. The van der Waals surface area contributed by atoms with Crippen LogP contribution in [0.25, 0.3) is 0 Å². The van der Waals surface area contributed by atoms with Crippen molar-refractivity contribution >= 4 is 35.8 Å². The maximum absolute atomic E-state index is 11.8. The topological polar surface area (TPSA) is 190 Å². The number of aliphatic carboxylic acids is 1. The Morgan fingerprint density at radius 3 is 1.91 bits per heavy atom. The lowest BCUT2D eigenvalue weighted by atomic mass is 9.98. The molecule has 0 unspecified atom stereocenters. The van der Waals surface area contributed by atoms with E-state index in [1.54, 1.807) is 0 Å². The fourth-order valence-electron chi connectivity index (χ4n) is 3.13. The van der Waals surface area contributed by atoms with E-state index in [0.29, 0.717) is 0 Å². The number of esters is 4. The van der Waals surface area contributed by atoms with E-state index in [1.807, 2.05) is 0 Å². The number of rotatable bonds is 13. The van der Waals surface area contributed by atoms with Crippen molar-refractivity contribution in [2.24, 2.45) is 0 Å². The second kappa shape index (κ2) is 14.9. The molecule has 0 aromatic rings. The summed E-state index contributed by atoms with van der Waals surface area (Å²) in [5, 5.41) is 11.1. The summed E-state index contributed by atoms with van der Waals surface area (Å²) in [7, 11) is 0. The van der Waals surface area contributed by atoms with Crippen LogP contribution >= 0.6 is 0 Å². The van der Waals surface area contributed by atoms with Gasteiger partial charge in [0.15, 0.2) is 24.6 Å². The fraction of sp³-hybridized carbons (Fsp3) is 0.714. The van der Waals surface area contributed by atoms with Gasteiger partial charge >= 0.3 is 29.8 Å². The lowest BCUT2D eigenvalue weighted by molar-refractivity contribution is -0.308. The molecule has 0 bridgehead atoms. The molecule has 0 aliphatic carbocycles. The number of ether oxygens (including phenoxy) is 6. The molecule has 0 aromatic carbocycles. The van der Waals surface area contributed by atoms with Crippen LogP contribution in [0, 0.1) is 0 Å². The van der Waals surface area contributed by atoms with Crippen LogP contribution in [0.15, 0.2) is 0 Å². The average Bonchev–Trinajstić information content (AvgIpc) is 2.73. The zero-order chi connectivity index (χ0) is 26.5. The van der Waals surface area contributed by atoms with Gasteiger partial charge in [0.25, 0.3) is 0 Å². The summed E-state index contributed by atoms with van der Waals surface area (Å²) in [5.41, 5.74) is 0. The number of carboxylic acid groups (broad SMARTS) is 1. The first-order valence-corrected chi connectivity index (χ1v) is 10.8. The molecular weight excluding hydrogens is 474 g/mol. The van der Waals surface area contributed by atoms with Gasteiger partial charge in [0.05, 0.1) is 13.0 Å². The monoisotopic (exact) mass is 505 g/mol. The number of carbonyl (C=O) groups is 6. The lowest BCUT2D eigenvalue weighted by Gasteiger charge is -2.44. The van der Waals surface area contributed by atoms with Gasteiger partial charge in [-0.2, -0.15) is 0 Å². The molecule has 1 saturated heterocycles. The smallest absolute Gasteiger partial charge is 0.303 e. The SMILES string of the molecule is CC(=O)OC[C@H]1O[C@H](OCCCNC(=O)CCC(=O)O)[C@@H](OC(C)=O)[C@@H](OC(C)=O)[C@@H]1OC(C)=O. The van der Waals surface area contributed by atoms with Crippen molar-refractivity contribution in [3.8, 4) is 0 Å². The third kappa shape index (κ3) is 11.6. The van der Waals surface area contributed by atoms with Crippen molar-refractivity contribution < 1.29 is 62.3 Å². The van der Waals surface area contributed by atoms with Gasteiger partial charge in [-0.25, -0.2) is 0 Å². The molecule has 14 nitrogen and oxygen atoms in total. The predicted molar refractivity (Wildman–Crippen MR) is 112 cm³/mol. The Hall–Kier alpha value is -3.26. The van der Waals surface area contributed by atoms with Gasteiger partial charge in [-0.05, 0) is 6.42 Å². The Balaban J connectivity index is 2.95. The molecule has 1 fully saturated rings. The van der Waals surface area contributed by atoms with Crippen LogP contribution in [0.2, 0.25) is 0 Å². The molecule has 0 saturated carbocycles. The van der Waals surface area contributed by atoms with E-state index >= 15 is 0 Å². The summed E-state index contributed by atoms with van der Waals surface area (Å²) in [6.07, 6.45) is -6.59. The molecule has 14 heteroatoms. The summed E-state index contributed by atoms with van der Waals surface area (Å²) < 4.78 is 32.2. The Morgan fingerprint density at radius 2 is 1.37 bits per heavy atom. The van der Waals surface area contributed by atoms with Gasteiger partial charge in [0.2, 0.25) is 5.91 Å². The number of carboxylic acids is 1. The number of nitrogens with one attached hydrogen (secondary N) is 1. The van der Waals surface area contributed by atoms with E-state index in [4.69, 9.17) is 33.5 Å². The van der Waals surface area contributed by atoms with Gasteiger partial charge in [-0.3, -0.25) is 28.8 Å². The Kier molecular flexibility index (Phi) is 12.7. The molecule has 0 radical (unpaired) electrons. The van der Waals surface area contributed by atoms with Crippen LogP contribution in [-0.2, 0) is 57.2 Å². The molecule has 1 rings (SSSR count). The highest BCUT2D eigenvalue weighted by atomic mass is 16.7. The van der Waals surface area contributed by atoms with E-state index < -0.39 is 66.5 Å². The molecule has 1 heterocycles. The number of carbonyl (C=O) groups excluding carboxylic acids is 5. The number of amides is 1. The van der Waals surface area contributed by atoms with Crippen LogP contribution in [0.1, 0.15) is 47.0 Å². The second-order valence-electron chi connectivity index (χ2n) is 7.54. The first-order valence-electron chi connectivity index (χ1n) is 10.8. The van der Waals surface area contributed by atoms with Gasteiger partial charge in [0, 0.05) is 40.7 Å². The Morgan fingerprint density at radius 1 is 0.800 bits per heavy atom. The maximum Gasteiger partial charge on any atom is 0.303 e. The summed E-state index contributed by atoms with van der Waals surface area (Å²) in [6, 6.07) is 0. The molecule has 0 aromatic heterocycles. The fourth-order valence-corrected chi connectivity index (χ4v) is 3.13. The van der Waals surface area contributed by atoms with Crippen molar-refractivity contribution in [1.82, 2.24) is 5.32 Å². The first-order chi connectivity index (χ1) is 16.4. The van der Waals surface area contributed by atoms with Crippen molar-refractivity contribution in [1.29, 1.82) is 0 Å². The summed E-state index contributed by atoms with van der Waals surface area (Å²) in [4.78, 5) is 68.6. The number of hydrogen-bond donors (Lipinski definition) is 2. The molecule has 2 N–H and O–H groups in total. The van der Waals surface area contributed by atoms with Crippen molar-refractivity contribution in [3.05, 3.63) is 0 Å². The Labute approximate surface area is 201 Å². The third-order valence-electron chi connectivity index (χ3n) is 4.44. The maximum atomic E-state index is 11.8. The van der Waals surface area contributed by atoms with E-state index in [0.717, 1.165) is 27.7 Å². The molecule has 5 atom stereocenters. The number of hydrogen-bond acceptors (Lipinski definition) is 12. The van der Waals surface area contributed by atoms with Crippen LogP contribution in [-0.4, -0.2) is 91.3 Å². The highest BCUT2D eigenvalue weighted by molar-refractivity contribution is 5.80. The second-order valence-corrected chi connectivity index (χ2v) is 7.54. The van der Waals surface area contributed by atoms with Crippen LogP contribution in [0.5, 0.6) is 0 Å². The van der Waals surface area contributed by atoms with Gasteiger partial charge in [0.1, 0.15) is 12.7 Å². The molecule has 198 valence electrons. The van der Waals surface area contributed by atoms with E-state index in [-0.39, 0.29) is 39.0 Å². The summed E-state index contributed by atoms with van der Waals surface area (Å²) in [6.45, 7) is 4.25. The molecule has 0 spiro atoms. The molecule has 1 aliphatic heterocycles. The van der Waals surface area contributed by atoms with Gasteiger partial charge < -0.3 is 38.8 Å².